The maximum absolute atomic E-state index is 12.7. The standard InChI is InChI=1S/C20H27NO3/c1-2-24-19(23)20-13-6-10-17(20)21(15-7-14-20)18(22)12-11-16-8-4-3-5-9-16/h10,16H,2-9,13-15H2,1H3. The number of rotatable bonds is 2. The summed E-state index contributed by atoms with van der Waals surface area (Å²) in [6.07, 6.45) is 11.1. The number of piperidine rings is 1. The minimum atomic E-state index is -0.615. The Balaban J connectivity index is 1.75. The topological polar surface area (TPSA) is 46.6 Å². The van der Waals surface area contributed by atoms with Crippen molar-refractivity contribution in [2.75, 3.05) is 13.2 Å². The van der Waals surface area contributed by atoms with Crippen molar-refractivity contribution in [3.8, 4) is 11.8 Å². The van der Waals surface area contributed by atoms with Gasteiger partial charge < -0.3 is 9.64 Å². The summed E-state index contributed by atoms with van der Waals surface area (Å²) >= 11 is 0. The van der Waals surface area contributed by atoms with Crippen molar-refractivity contribution in [1.29, 1.82) is 0 Å². The number of hydrogen-bond donors (Lipinski definition) is 0. The van der Waals surface area contributed by atoms with Crippen LogP contribution in [0.2, 0.25) is 0 Å². The largest absolute Gasteiger partial charge is 0.465 e. The summed E-state index contributed by atoms with van der Waals surface area (Å²) in [7, 11) is 0. The first-order chi connectivity index (χ1) is 11.7. The zero-order chi connectivity index (χ0) is 17.0. The lowest BCUT2D eigenvalue weighted by Gasteiger charge is -2.40. The second-order valence-corrected chi connectivity index (χ2v) is 7.10. The molecule has 130 valence electrons. The van der Waals surface area contributed by atoms with E-state index in [1.54, 1.807) is 4.90 Å². The SMILES string of the molecule is CCOC(=O)C12CCC=C1N(C(=O)C#CC1CCCCC1)CCC2. The summed E-state index contributed by atoms with van der Waals surface area (Å²) in [6, 6.07) is 0. The minimum absolute atomic E-state index is 0.151. The highest BCUT2D eigenvalue weighted by Gasteiger charge is 2.50. The highest BCUT2D eigenvalue weighted by atomic mass is 16.5. The number of amides is 1. The average molecular weight is 329 g/mol. The van der Waals surface area contributed by atoms with Crippen LogP contribution in [0.3, 0.4) is 0 Å². The van der Waals surface area contributed by atoms with Gasteiger partial charge in [-0.3, -0.25) is 9.59 Å². The van der Waals surface area contributed by atoms with E-state index in [-0.39, 0.29) is 11.9 Å². The molecule has 2 fully saturated rings. The zero-order valence-electron chi connectivity index (χ0n) is 14.6. The van der Waals surface area contributed by atoms with Gasteiger partial charge >= 0.3 is 11.9 Å². The van der Waals surface area contributed by atoms with Gasteiger partial charge in [-0.05, 0) is 51.4 Å². The van der Waals surface area contributed by atoms with E-state index in [0.717, 1.165) is 44.2 Å². The fourth-order valence-electron chi connectivity index (χ4n) is 4.33. The highest BCUT2D eigenvalue weighted by molar-refractivity contribution is 5.96. The molecule has 0 aromatic rings. The fraction of sp³-hybridized carbons (Fsp3) is 0.700. The normalized spacial score (nSPS) is 26.9. The maximum Gasteiger partial charge on any atom is 0.318 e. The van der Waals surface area contributed by atoms with Crippen LogP contribution in [0.5, 0.6) is 0 Å². The summed E-state index contributed by atoms with van der Waals surface area (Å²) in [5, 5.41) is 0. The third-order valence-electron chi connectivity index (χ3n) is 5.57. The molecule has 1 saturated heterocycles. The Kier molecular flexibility index (Phi) is 5.28. The van der Waals surface area contributed by atoms with Crippen molar-refractivity contribution in [3.05, 3.63) is 11.8 Å². The first-order valence-electron chi connectivity index (χ1n) is 9.38. The molecule has 1 amide bonds. The molecular formula is C20H27NO3. The molecule has 4 nitrogen and oxygen atoms in total. The van der Waals surface area contributed by atoms with Crippen LogP contribution in [0.1, 0.15) is 64.7 Å². The molecule has 24 heavy (non-hydrogen) atoms. The van der Waals surface area contributed by atoms with Crippen molar-refractivity contribution in [1.82, 2.24) is 4.90 Å². The highest BCUT2D eigenvalue weighted by Crippen LogP contribution is 2.48. The van der Waals surface area contributed by atoms with E-state index in [2.05, 4.69) is 11.8 Å². The predicted octanol–water partition coefficient (Wildman–Crippen LogP) is 3.42. The van der Waals surface area contributed by atoms with Crippen LogP contribution in [0.25, 0.3) is 0 Å². The predicted molar refractivity (Wildman–Crippen MR) is 91.7 cm³/mol. The van der Waals surface area contributed by atoms with E-state index < -0.39 is 5.41 Å². The van der Waals surface area contributed by atoms with Gasteiger partial charge in [-0.1, -0.05) is 31.3 Å². The van der Waals surface area contributed by atoms with Crippen LogP contribution < -0.4 is 0 Å². The summed E-state index contributed by atoms with van der Waals surface area (Å²) < 4.78 is 5.32. The van der Waals surface area contributed by atoms with Gasteiger partial charge in [0.25, 0.3) is 0 Å². The van der Waals surface area contributed by atoms with Crippen LogP contribution in [-0.4, -0.2) is 29.9 Å². The van der Waals surface area contributed by atoms with Crippen LogP contribution in [0, 0.1) is 23.2 Å². The van der Waals surface area contributed by atoms with E-state index in [9.17, 15) is 9.59 Å². The first kappa shape index (κ1) is 17.1. The second kappa shape index (κ2) is 7.42. The number of nitrogens with zero attached hydrogens (tertiary/aromatic N) is 1. The van der Waals surface area contributed by atoms with Crippen molar-refractivity contribution in [2.45, 2.75) is 64.7 Å². The molecule has 4 heteroatoms. The quantitative estimate of drug-likeness (QED) is 0.576. The van der Waals surface area contributed by atoms with Crippen LogP contribution in [0.4, 0.5) is 0 Å². The van der Waals surface area contributed by atoms with Gasteiger partial charge in [0, 0.05) is 18.2 Å². The molecule has 3 rings (SSSR count). The zero-order valence-corrected chi connectivity index (χ0v) is 14.6. The molecule has 1 heterocycles. The third kappa shape index (κ3) is 3.22. The molecule has 0 N–H and O–H groups in total. The molecule has 1 unspecified atom stereocenters. The maximum atomic E-state index is 12.7. The van der Waals surface area contributed by atoms with Gasteiger partial charge in [-0.2, -0.15) is 0 Å². The smallest absolute Gasteiger partial charge is 0.318 e. The lowest BCUT2D eigenvalue weighted by Crippen LogP contribution is -2.46. The Morgan fingerprint density at radius 2 is 2.04 bits per heavy atom. The van der Waals surface area contributed by atoms with Crippen LogP contribution >= 0.6 is 0 Å². The average Bonchev–Trinajstić information content (AvgIpc) is 3.06. The number of likely N-dealkylation sites (tertiary alicyclic amines) is 1. The van der Waals surface area contributed by atoms with Gasteiger partial charge in [0.1, 0.15) is 5.41 Å². The number of carbonyl (C=O) groups is 2. The molecule has 1 aliphatic heterocycles. The molecule has 0 spiro atoms. The number of esters is 1. The molecular weight excluding hydrogens is 302 g/mol. The van der Waals surface area contributed by atoms with E-state index >= 15 is 0 Å². The minimum Gasteiger partial charge on any atom is -0.465 e. The Morgan fingerprint density at radius 3 is 2.79 bits per heavy atom. The van der Waals surface area contributed by atoms with Crippen molar-refractivity contribution in [2.24, 2.45) is 11.3 Å². The van der Waals surface area contributed by atoms with Crippen LogP contribution in [0.15, 0.2) is 11.8 Å². The monoisotopic (exact) mass is 329 g/mol. The summed E-state index contributed by atoms with van der Waals surface area (Å²) in [5.41, 5.74) is 0.228. The molecule has 0 radical (unpaired) electrons. The summed E-state index contributed by atoms with van der Waals surface area (Å²) in [4.78, 5) is 26.9. The number of carbonyl (C=O) groups excluding carboxylic acids is 2. The van der Waals surface area contributed by atoms with Gasteiger partial charge in [-0.15, -0.1) is 0 Å². The Morgan fingerprint density at radius 1 is 1.25 bits per heavy atom. The Bertz CT molecular complexity index is 592. The molecule has 1 saturated carbocycles. The summed E-state index contributed by atoms with van der Waals surface area (Å²) in [5.74, 6) is 6.08. The van der Waals surface area contributed by atoms with Crippen LogP contribution in [-0.2, 0) is 14.3 Å². The number of allylic oxidation sites excluding steroid dienone is 1. The van der Waals surface area contributed by atoms with E-state index in [4.69, 9.17) is 4.74 Å². The molecule has 2 aliphatic carbocycles. The number of hydrogen-bond acceptors (Lipinski definition) is 3. The van der Waals surface area contributed by atoms with Gasteiger partial charge in [0.15, 0.2) is 0 Å². The third-order valence-corrected chi connectivity index (χ3v) is 5.57. The molecule has 3 aliphatic rings. The number of fused-ring (bicyclic) bond motifs is 1. The van der Waals surface area contributed by atoms with Crippen molar-refractivity contribution >= 4 is 11.9 Å². The van der Waals surface area contributed by atoms with Gasteiger partial charge in [0.05, 0.1) is 6.61 Å². The van der Waals surface area contributed by atoms with Gasteiger partial charge in [-0.25, -0.2) is 0 Å². The van der Waals surface area contributed by atoms with E-state index in [1.807, 2.05) is 13.0 Å². The van der Waals surface area contributed by atoms with E-state index in [1.165, 1.54) is 19.3 Å². The van der Waals surface area contributed by atoms with E-state index in [0.29, 0.717) is 19.1 Å². The lowest BCUT2D eigenvalue weighted by molar-refractivity contribution is -0.156. The van der Waals surface area contributed by atoms with Crippen molar-refractivity contribution < 1.29 is 14.3 Å². The molecule has 0 bridgehead atoms. The molecule has 0 aromatic carbocycles. The Hall–Kier alpha value is -1.76. The molecule has 1 atom stereocenters. The number of ether oxygens (including phenoxy) is 1. The Labute approximate surface area is 144 Å². The second-order valence-electron chi connectivity index (χ2n) is 7.10. The summed E-state index contributed by atoms with van der Waals surface area (Å²) in [6.45, 7) is 2.86. The molecule has 0 aromatic heterocycles. The fourth-order valence-corrected chi connectivity index (χ4v) is 4.33. The van der Waals surface area contributed by atoms with Crippen molar-refractivity contribution in [3.63, 3.8) is 0 Å². The first-order valence-corrected chi connectivity index (χ1v) is 9.38. The van der Waals surface area contributed by atoms with Gasteiger partial charge in [0.2, 0.25) is 0 Å². The lowest BCUT2D eigenvalue weighted by atomic mass is 9.77.